The topological polar surface area (TPSA) is 45.3 Å². The van der Waals surface area contributed by atoms with Crippen molar-refractivity contribution in [2.75, 3.05) is 19.1 Å². The van der Waals surface area contributed by atoms with Gasteiger partial charge in [-0.2, -0.15) is 0 Å². The number of nitrogens with one attached hydrogen (secondary N) is 1. The van der Waals surface area contributed by atoms with E-state index in [9.17, 15) is 4.79 Å². The monoisotopic (exact) mass is 154 g/mol. The van der Waals surface area contributed by atoms with Crippen LogP contribution < -0.4 is 4.90 Å². The van der Waals surface area contributed by atoms with Crippen molar-refractivity contribution in [1.82, 2.24) is 4.98 Å². The number of hydrogen-bond donors (Lipinski definition) is 1. The van der Waals surface area contributed by atoms with Crippen molar-refractivity contribution in [2.45, 2.75) is 0 Å². The average molecular weight is 154 g/mol. The number of hydrogen-bond acceptors (Lipinski definition) is 2. The third kappa shape index (κ3) is 1.52. The first-order valence-corrected chi connectivity index (χ1v) is 3.20. The predicted octanol–water partition coefficient (Wildman–Crippen LogP) is 1.22. The normalized spacial score (nSPS) is 9.27. The molecular weight excluding hydrogens is 144 g/mol. The summed E-state index contributed by atoms with van der Waals surface area (Å²) in [5, 5.41) is 0. The number of nitrogens with zero attached hydrogens (tertiary/aromatic N) is 1. The Balaban J connectivity index is 2.70. The van der Waals surface area contributed by atoms with Crippen molar-refractivity contribution in [1.29, 1.82) is 0 Å². The highest BCUT2D eigenvalue weighted by Gasteiger charge is 2.09. The third-order valence-corrected chi connectivity index (χ3v) is 1.42. The molecule has 1 amide bonds. The molecule has 0 bridgehead atoms. The maximum absolute atomic E-state index is 10.9. The van der Waals surface area contributed by atoms with Crippen molar-refractivity contribution in [2.24, 2.45) is 0 Å². The van der Waals surface area contributed by atoms with Crippen LogP contribution in [0, 0.1) is 0 Å². The van der Waals surface area contributed by atoms with Crippen LogP contribution in [0.25, 0.3) is 0 Å². The Morgan fingerprint density at radius 1 is 1.73 bits per heavy atom. The second-order valence-corrected chi connectivity index (χ2v) is 2.10. The Labute approximate surface area is 64.8 Å². The van der Waals surface area contributed by atoms with Crippen LogP contribution in [0.5, 0.6) is 0 Å². The van der Waals surface area contributed by atoms with Crippen molar-refractivity contribution in [3.8, 4) is 0 Å². The molecule has 0 aliphatic rings. The Kier molecular flexibility index (Phi) is 2.15. The minimum absolute atomic E-state index is 0.371. The number of anilines is 1. The average Bonchev–Trinajstić information content (AvgIpc) is 2.53. The number of H-pyrrole nitrogens is 1. The second-order valence-electron chi connectivity index (χ2n) is 2.10. The van der Waals surface area contributed by atoms with Gasteiger partial charge in [0.15, 0.2) is 0 Å². The van der Waals surface area contributed by atoms with E-state index in [1.165, 1.54) is 12.0 Å². The number of amides is 1. The van der Waals surface area contributed by atoms with Crippen LogP contribution in [0.4, 0.5) is 10.5 Å². The molecule has 60 valence electrons. The highest BCUT2D eigenvalue weighted by atomic mass is 16.5. The zero-order chi connectivity index (χ0) is 8.27. The number of methoxy groups -OCH3 is 1. The van der Waals surface area contributed by atoms with E-state index >= 15 is 0 Å². The lowest BCUT2D eigenvalue weighted by Crippen LogP contribution is -2.25. The van der Waals surface area contributed by atoms with E-state index in [-0.39, 0.29) is 6.09 Å². The summed E-state index contributed by atoms with van der Waals surface area (Å²) in [5.74, 6) is 0. The van der Waals surface area contributed by atoms with Crippen molar-refractivity contribution in [3.05, 3.63) is 18.5 Å². The van der Waals surface area contributed by atoms with E-state index in [0.29, 0.717) is 0 Å². The van der Waals surface area contributed by atoms with Gasteiger partial charge in [0, 0.05) is 19.4 Å². The predicted molar refractivity (Wildman–Crippen MR) is 41.6 cm³/mol. The zero-order valence-corrected chi connectivity index (χ0v) is 6.50. The Bertz CT molecular complexity index is 231. The van der Waals surface area contributed by atoms with Gasteiger partial charge in [-0.15, -0.1) is 0 Å². The first kappa shape index (κ1) is 7.65. The Morgan fingerprint density at radius 2 is 2.45 bits per heavy atom. The molecule has 1 aromatic rings. The summed E-state index contributed by atoms with van der Waals surface area (Å²) in [6, 6.07) is 1.79. The first-order valence-electron chi connectivity index (χ1n) is 3.20. The van der Waals surface area contributed by atoms with E-state index < -0.39 is 0 Å². The Morgan fingerprint density at radius 3 is 2.91 bits per heavy atom. The van der Waals surface area contributed by atoms with Crippen LogP contribution in [-0.2, 0) is 4.74 Å². The fraction of sp³-hybridized carbons (Fsp3) is 0.286. The highest BCUT2D eigenvalue weighted by molar-refractivity contribution is 5.86. The van der Waals surface area contributed by atoms with E-state index in [4.69, 9.17) is 0 Å². The van der Waals surface area contributed by atoms with Gasteiger partial charge in [-0.05, 0) is 6.07 Å². The molecule has 0 atom stereocenters. The second kappa shape index (κ2) is 3.09. The molecule has 0 saturated heterocycles. The molecule has 1 aromatic heterocycles. The summed E-state index contributed by atoms with van der Waals surface area (Å²) in [7, 11) is 3.00. The molecule has 0 unspecified atom stereocenters. The SMILES string of the molecule is COC(=O)N(C)c1cc[nH]c1. The third-order valence-electron chi connectivity index (χ3n) is 1.42. The summed E-state index contributed by atoms with van der Waals surface area (Å²) >= 11 is 0. The van der Waals surface area contributed by atoms with Gasteiger partial charge < -0.3 is 9.72 Å². The molecule has 1 rings (SSSR count). The smallest absolute Gasteiger partial charge is 0.413 e. The van der Waals surface area contributed by atoms with Crippen molar-refractivity contribution < 1.29 is 9.53 Å². The van der Waals surface area contributed by atoms with E-state index in [1.807, 2.05) is 0 Å². The van der Waals surface area contributed by atoms with Crippen LogP contribution in [0.2, 0.25) is 0 Å². The number of ether oxygens (including phenoxy) is 1. The van der Waals surface area contributed by atoms with E-state index in [2.05, 4.69) is 9.72 Å². The first-order chi connectivity index (χ1) is 5.25. The number of carbonyl (C=O) groups is 1. The molecule has 0 spiro atoms. The molecule has 0 fully saturated rings. The molecule has 4 heteroatoms. The molecule has 1 heterocycles. The van der Waals surface area contributed by atoms with Gasteiger partial charge in [0.1, 0.15) is 0 Å². The summed E-state index contributed by atoms with van der Waals surface area (Å²) in [6.45, 7) is 0. The van der Waals surface area contributed by atoms with Crippen molar-refractivity contribution >= 4 is 11.8 Å². The molecule has 0 aliphatic carbocycles. The van der Waals surface area contributed by atoms with Crippen molar-refractivity contribution in [3.63, 3.8) is 0 Å². The van der Waals surface area contributed by atoms with Crippen LogP contribution in [0.3, 0.4) is 0 Å². The molecule has 11 heavy (non-hydrogen) atoms. The number of aromatic nitrogens is 1. The van der Waals surface area contributed by atoms with Gasteiger partial charge in [-0.1, -0.05) is 0 Å². The van der Waals surface area contributed by atoms with Crippen LogP contribution in [0.1, 0.15) is 0 Å². The lowest BCUT2D eigenvalue weighted by molar-refractivity contribution is 0.180. The molecular formula is C7H10N2O2. The van der Waals surface area contributed by atoms with E-state index in [1.54, 1.807) is 25.5 Å². The van der Waals surface area contributed by atoms with E-state index in [0.717, 1.165) is 5.69 Å². The van der Waals surface area contributed by atoms with Gasteiger partial charge in [0.2, 0.25) is 0 Å². The molecule has 0 radical (unpaired) electrons. The van der Waals surface area contributed by atoms with Gasteiger partial charge in [-0.3, -0.25) is 4.90 Å². The van der Waals surface area contributed by atoms with Gasteiger partial charge in [0.05, 0.1) is 12.8 Å². The number of rotatable bonds is 1. The minimum atomic E-state index is -0.371. The highest BCUT2D eigenvalue weighted by Crippen LogP contribution is 2.10. The molecule has 1 N–H and O–H groups in total. The van der Waals surface area contributed by atoms with Gasteiger partial charge in [0.25, 0.3) is 0 Å². The summed E-state index contributed by atoms with van der Waals surface area (Å²) in [6.07, 6.45) is 3.09. The number of aromatic amines is 1. The van der Waals surface area contributed by atoms with Crippen LogP contribution in [-0.4, -0.2) is 25.2 Å². The fourth-order valence-corrected chi connectivity index (χ4v) is 0.766. The quantitative estimate of drug-likeness (QED) is 0.661. The van der Waals surface area contributed by atoms with Crippen LogP contribution >= 0.6 is 0 Å². The molecule has 0 saturated carbocycles. The molecule has 0 aliphatic heterocycles. The standard InChI is InChI=1S/C7H10N2O2/c1-9(7(10)11-2)6-3-4-8-5-6/h3-5,8H,1-2H3. The maximum atomic E-state index is 10.9. The lowest BCUT2D eigenvalue weighted by atomic mass is 10.5. The molecule has 0 aromatic carbocycles. The number of carbonyl (C=O) groups excluding carboxylic acids is 1. The minimum Gasteiger partial charge on any atom is -0.452 e. The van der Waals surface area contributed by atoms with Gasteiger partial charge >= 0.3 is 6.09 Å². The zero-order valence-electron chi connectivity index (χ0n) is 6.50. The lowest BCUT2D eigenvalue weighted by Gasteiger charge is -2.12. The summed E-state index contributed by atoms with van der Waals surface area (Å²) in [5.41, 5.74) is 0.789. The maximum Gasteiger partial charge on any atom is 0.413 e. The largest absolute Gasteiger partial charge is 0.452 e. The van der Waals surface area contributed by atoms with Gasteiger partial charge in [-0.25, -0.2) is 4.79 Å². The summed E-state index contributed by atoms with van der Waals surface area (Å²) in [4.78, 5) is 15.2. The Hall–Kier alpha value is -1.45. The fourth-order valence-electron chi connectivity index (χ4n) is 0.766. The van der Waals surface area contributed by atoms with Crippen LogP contribution in [0.15, 0.2) is 18.5 Å². The molecule has 4 nitrogen and oxygen atoms in total. The summed E-state index contributed by atoms with van der Waals surface area (Å²) < 4.78 is 4.51.